The molecule has 0 saturated carbocycles. The lowest BCUT2D eigenvalue weighted by atomic mass is 10.1. The minimum Gasteiger partial charge on any atom is -0.357 e. The van der Waals surface area contributed by atoms with Gasteiger partial charge in [-0.2, -0.15) is 13.2 Å². The Morgan fingerprint density at radius 3 is 2.38 bits per heavy atom. The summed E-state index contributed by atoms with van der Waals surface area (Å²) in [5, 5.41) is 6.49. The normalized spacial score (nSPS) is 15.3. The molecule has 0 amide bonds. The molecule has 1 aromatic heterocycles. The molecule has 6 nitrogen and oxygen atoms in total. The minimum absolute atomic E-state index is 0. The topological polar surface area (TPSA) is 55.8 Å². The monoisotopic (exact) mass is 562 g/mol. The summed E-state index contributed by atoms with van der Waals surface area (Å²) < 4.78 is 38.2. The highest BCUT2D eigenvalue weighted by molar-refractivity contribution is 14.0. The van der Waals surface area contributed by atoms with Crippen molar-refractivity contribution in [2.45, 2.75) is 26.2 Å². The average molecular weight is 562 g/mol. The molecule has 2 aromatic rings. The Labute approximate surface area is 204 Å². The van der Waals surface area contributed by atoms with Gasteiger partial charge in [-0.15, -0.1) is 24.0 Å². The maximum Gasteiger partial charge on any atom is 0.416 e. The molecular formula is C22H30F3IN6. The Bertz CT molecular complexity index is 865. The second kappa shape index (κ2) is 12.2. The van der Waals surface area contributed by atoms with E-state index in [1.54, 1.807) is 6.20 Å². The zero-order valence-corrected chi connectivity index (χ0v) is 20.7. The van der Waals surface area contributed by atoms with Crippen LogP contribution >= 0.6 is 24.0 Å². The van der Waals surface area contributed by atoms with E-state index in [2.05, 4.69) is 37.5 Å². The molecule has 1 aliphatic heterocycles. The van der Waals surface area contributed by atoms with Gasteiger partial charge >= 0.3 is 6.18 Å². The molecule has 0 spiro atoms. The fourth-order valence-electron chi connectivity index (χ4n) is 3.36. The first kappa shape index (κ1) is 26.2. The number of aromatic nitrogens is 1. The molecule has 1 saturated heterocycles. The SMILES string of the molecule is CCNC(=NCc1ccc(C(F)(F)F)cc1)NCc1cccnc1N1CCN(C)CC1.I. The number of anilines is 1. The summed E-state index contributed by atoms with van der Waals surface area (Å²) in [6, 6.07) is 9.06. The zero-order valence-electron chi connectivity index (χ0n) is 18.3. The van der Waals surface area contributed by atoms with Gasteiger partial charge in [0.15, 0.2) is 5.96 Å². The summed E-state index contributed by atoms with van der Waals surface area (Å²) in [7, 11) is 2.12. The van der Waals surface area contributed by atoms with Crippen LogP contribution in [0.1, 0.15) is 23.6 Å². The first-order valence-electron chi connectivity index (χ1n) is 10.4. The predicted octanol–water partition coefficient (Wildman–Crippen LogP) is 3.73. The molecule has 10 heteroatoms. The number of nitrogens with one attached hydrogen (secondary N) is 2. The standard InChI is InChI=1S/C22H29F3N6.HI/c1-3-26-21(28-15-17-6-8-19(9-7-17)22(23,24)25)29-16-18-5-4-10-27-20(18)31-13-11-30(2)12-14-31;/h4-10H,3,11-16H2,1-2H3,(H2,26,28,29);1H. The van der Waals surface area contributed by atoms with Gasteiger partial charge in [0.2, 0.25) is 0 Å². The fourth-order valence-corrected chi connectivity index (χ4v) is 3.36. The van der Waals surface area contributed by atoms with Crippen LogP contribution in [0, 0.1) is 0 Å². The Hall–Kier alpha value is -2.08. The first-order valence-corrected chi connectivity index (χ1v) is 10.4. The van der Waals surface area contributed by atoms with Gasteiger partial charge in [0.25, 0.3) is 0 Å². The maximum absolute atomic E-state index is 12.7. The van der Waals surface area contributed by atoms with Crippen LogP contribution in [0.15, 0.2) is 47.6 Å². The van der Waals surface area contributed by atoms with Crippen LogP contribution in [-0.4, -0.2) is 55.6 Å². The third-order valence-electron chi connectivity index (χ3n) is 5.16. The lowest BCUT2D eigenvalue weighted by molar-refractivity contribution is -0.137. The molecule has 1 aromatic carbocycles. The van der Waals surface area contributed by atoms with Crippen LogP contribution < -0.4 is 15.5 Å². The summed E-state index contributed by atoms with van der Waals surface area (Å²) in [6.07, 6.45) is -2.52. The molecule has 0 bridgehead atoms. The highest BCUT2D eigenvalue weighted by atomic mass is 127. The van der Waals surface area contributed by atoms with Crippen molar-refractivity contribution >= 4 is 35.8 Å². The van der Waals surface area contributed by atoms with Crippen LogP contribution in [-0.2, 0) is 19.3 Å². The highest BCUT2D eigenvalue weighted by Crippen LogP contribution is 2.29. The molecule has 32 heavy (non-hydrogen) atoms. The number of alkyl halides is 3. The number of halogens is 4. The summed E-state index contributed by atoms with van der Waals surface area (Å²) >= 11 is 0. The number of benzene rings is 1. The number of nitrogens with zero attached hydrogens (tertiary/aromatic N) is 4. The number of likely N-dealkylation sites (N-methyl/N-ethyl adjacent to an activating group) is 1. The minimum atomic E-state index is -4.33. The fraction of sp³-hybridized carbons (Fsp3) is 0.455. The van der Waals surface area contributed by atoms with Crippen molar-refractivity contribution in [1.29, 1.82) is 0 Å². The van der Waals surface area contributed by atoms with Crippen molar-refractivity contribution in [3.05, 3.63) is 59.3 Å². The molecule has 0 atom stereocenters. The van der Waals surface area contributed by atoms with Crippen molar-refractivity contribution in [3.63, 3.8) is 0 Å². The van der Waals surface area contributed by atoms with Gasteiger partial charge in [0.05, 0.1) is 12.1 Å². The van der Waals surface area contributed by atoms with Crippen molar-refractivity contribution < 1.29 is 13.2 Å². The van der Waals surface area contributed by atoms with E-state index in [0.717, 1.165) is 49.7 Å². The lowest BCUT2D eigenvalue weighted by Gasteiger charge is -2.34. The van der Waals surface area contributed by atoms with Gasteiger partial charge in [-0.3, -0.25) is 0 Å². The molecule has 0 aliphatic carbocycles. The quantitative estimate of drug-likeness (QED) is 0.320. The summed E-state index contributed by atoms with van der Waals surface area (Å²) in [6.45, 7) is 7.35. The van der Waals surface area contributed by atoms with E-state index in [4.69, 9.17) is 0 Å². The van der Waals surface area contributed by atoms with Gasteiger partial charge in [-0.25, -0.2) is 9.98 Å². The highest BCUT2D eigenvalue weighted by Gasteiger charge is 2.29. The van der Waals surface area contributed by atoms with E-state index in [-0.39, 0.29) is 30.5 Å². The van der Waals surface area contributed by atoms with Gasteiger partial charge in [0.1, 0.15) is 5.82 Å². The molecule has 3 rings (SSSR count). The third kappa shape index (κ3) is 7.51. The van der Waals surface area contributed by atoms with Crippen LogP contribution in [0.5, 0.6) is 0 Å². The van der Waals surface area contributed by atoms with Gasteiger partial charge in [-0.05, 0) is 37.7 Å². The molecule has 176 valence electrons. The van der Waals surface area contributed by atoms with E-state index < -0.39 is 11.7 Å². The largest absolute Gasteiger partial charge is 0.416 e. The van der Waals surface area contributed by atoms with E-state index in [1.807, 2.05) is 19.1 Å². The van der Waals surface area contributed by atoms with E-state index in [9.17, 15) is 13.2 Å². The van der Waals surface area contributed by atoms with Crippen molar-refractivity contribution in [2.75, 3.05) is 44.7 Å². The number of aliphatic imine (C=N–C) groups is 1. The Kier molecular flexibility index (Phi) is 10.0. The van der Waals surface area contributed by atoms with E-state index in [0.29, 0.717) is 24.6 Å². The zero-order chi connectivity index (χ0) is 22.3. The molecule has 2 heterocycles. The van der Waals surface area contributed by atoms with Crippen LogP contribution in [0.4, 0.5) is 19.0 Å². The van der Waals surface area contributed by atoms with Crippen LogP contribution in [0.25, 0.3) is 0 Å². The Morgan fingerprint density at radius 1 is 1.06 bits per heavy atom. The van der Waals surface area contributed by atoms with Crippen molar-refractivity contribution in [1.82, 2.24) is 20.5 Å². The lowest BCUT2D eigenvalue weighted by Crippen LogP contribution is -2.45. The summed E-state index contributed by atoms with van der Waals surface area (Å²) in [5.41, 5.74) is 1.13. The Morgan fingerprint density at radius 2 is 1.75 bits per heavy atom. The van der Waals surface area contributed by atoms with Gasteiger partial charge in [-0.1, -0.05) is 18.2 Å². The Balaban J connectivity index is 0.00000363. The molecule has 1 aliphatic rings. The number of piperazine rings is 1. The third-order valence-corrected chi connectivity index (χ3v) is 5.16. The molecule has 2 N–H and O–H groups in total. The van der Waals surface area contributed by atoms with Gasteiger partial charge < -0.3 is 20.4 Å². The molecule has 1 fully saturated rings. The van der Waals surface area contributed by atoms with Crippen LogP contribution in [0.2, 0.25) is 0 Å². The average Bonchev–Trinajstić information content (AvgIpc) is 2.76. The van der Waals surface area contributed by atoms with Gasteiger partial charge in [0, 0.05) is 51.0 Å². The molecule has 0 unspecified atom stereocenters. The molecular weight excluding hydrogens is 532 g/mol. The van der Waals surface area contributed by atoms with E-state index in [1.165, 1.54) is 12.1 Å². The number of hydrogen-bond acceptors (Lipinski definition) is 4. The van der Waals surface area contributed by atoms with Crippen molar-refractivity contribution in [3.8, 4) is 0 Å². The van der Waals surface area contributed by atoms with Crippen LogP contribution in [0.3, 0.4) is 0 Å². The molecule has 0 radical (unpaired) electrons. The van der Waals surface area contributed by atoms with E-state index >= 15 is 0 Å². The predicted molar refractivity (Wildman–Crippen MR) is 132 cm³/mol. The first-order chi connectivity index (χ1) is 14.9. The number of pyridine rings is 1. The second-order valence-electron chi connectivity index (χ2n) is 7.52. The van der Waals surface area contributed by atoms with Crippen molar-refractivity contribution in [2.24, 2.45) is 4.99 Å². The summed E-state index contributed by atoms with van der Waals surface area (Å²) in [4.78, 5) is 13.7. The summed E-state index contributed by atoms with van der Waals surface area (Å²) in [5.74, 6) is 1.58. The second-order valence-corrected chi connectivity index (χ2v) is 7.52. The maximum atomic E-state index is 12.7. The number of hydrogen-bond donors (Lipinski definition) is 2. The number of rotatable bonds is 6. The smallest absolute Gasteiger partial charge is 0.357 e. The number of guanidine groups is 1.